The highest BCUT2D eigenvalue weighted by atomic mass is 19.4. The first kappa shape index (κ1) is 16.7. The molecule has 1 amide bonds. The molecule has 23 heavy (non-hydrogen) atoms. The zero-order chi connectivity index (χ0) is 17.0. The van der Waals surface area contributed by atoms with Crippen LogP contribution >= 0.6 is 0 Å². The molecule has 0 fully saturated rings. The van der Waals surface area contributed by atoms with Gasteiger partial charge in [0.1, 0.15) is 5.69 Å². The number of aromatic nitrogens is 2. The minimum atomic E-state index is -4.53. The summed E-state index contributed by atoms with van der Waals surface area (Å²) in [5.74, 6) is 0.0887. The first-order valence-electron chi connectivity index (χ1n) is 6.72. The van der Waals surface area contributed by atoms with E-state index < -0.39 is 17.8 Å². The fourth-order valence-electron chi connectivity index (χ4n) is 1.95. The summed E-state index contributed by atoms with van der Waals surface area (Å²) in [4.78, 5) is 21.4. The molecule has 2 aromatic heterocycles. The SMILES string of the molecule is CN(C)c1ncccc1NC(=O)Cc1cccc(C(F)(F)F)n1. The minimum absolute atomic E-state index is 0.0487. The second-order valence-corrected chi connectivity index (χ2v) is 5.01. The third-order valence-corrected chi connectivity index (χ3v) is 2.92. The summed E-state index contributed by atoms with van der Waals surface area (Å²) in [5.41, 5.74) is -0.486. The maximum absolute atomic E-state index is 12.6. The Labute approximate surface area is 131 Å². The van der Waals surface area contributed by atoms with Gasteiger partial charge in [0.2, 0.25) is 5.91 Å². The number of alkyl halides is 3. The van der Waals surface area contributed by atoms with Crippen LogP contribution in [-0.2, 0) is 17.4 Å². The van der Waals surface area contributed by atoms with Crippen LogP contribution in [0.5, 0.6) is 0 Å². The van der Waals surface area contributed by atoms with E-state index in [0.717, 1.165) is 6.07 Å². The van der Waals surface area contributed by atoms with Gasteiger partial charge in [-0.05, 0) is 24.3 Å². The molecule has 0 aliphatic heterocycles. The second kappa shape index (κ2) is 6.64. The van der Waals surface area contributed by atoms with Gasteiger partial charge in [0.15, 0.2) is 5.82 Å². The van der Waals surface area contributed by atoms with Gasteiger partial charge in [0, 0.05) is 20.3 Å². The fraction of sp³-hybridized carbons (Fsp3) is 0.267. The van der Waals surface area contributed by atoms with Crippen LogP contribution in [0, 0.1) is 0 Å². The smallest absolute Gasteiger partial charge is 0.361 e. The van der Waals surface area contributed by atoms with Crippen molar-refractivity contribution in [2.75, 3.05) is 24.3 Å². The van der Waals surface area contributed by atoms with E-state index in [0.29, 0.717) is 11.5 Å². The molecule has 0 radical (unpaired) electrons. The molecule has 2 heterocycles. The van der Waals surface area contributed by atoms with E-state index in [1.165, 1.54) is 12.1 Å². The van der Waals surface area contributed by atoms with E-state index in [4.69, 9.17) is 0 Å². The fourth-order valence-corrected chi connectivity index (χ4v) is 1.95. The van der Waals surface area contributed by atoms with E-state index in [9.17, 15) is 18.0 Å². The van der Waals surface area contributed by atoms with Crippen LogP contribution in [0.15, 0.2) is 36.5 Å². The number of hydrogen-bond donors (Lipinski definition) is 1. The normalized spacial score (nSPS) is 11.2. The average molecular weight is 324 g/mol. The Morgan fingerprint density at radius 1 is 1.22 bits per heavy atom. The van der Waals surface area contributed by atoms with Crippen molar-refractivity contribution < 1.29 is 18.0 Å². The molecule has 5 nitrogen and oxygen atoms in total. The van der Waals surface area contributed by atoms with Crippen LogP contribution in [0.2, 0.25) is 0 Å². The lowest BCUT2D eigenvalue weighted by atomic mass is 10.2. The maximum atomic E-state index is 12.6. The molecule has 0 atom stereocenters. The van der Waals surface area contributed by atoms with Crippen LogP contribution in [0.25, 0.3) is 0 Å². The Bertz CT molecular complexity index is 701. The summed E-state index contributed by atoms with van der Waals surface area (Å²) in [6.45, 7) is 0. The van der Waals surface area contributed by atoms with Gasteiger partial charge >= 0.3 is 6.18 Å². The molecule has 0 saturated carbocycles. The molecule has 2 aromatic rings. The summed E-state index contributed by atoms with van der Waals surface area (Å²) in [7, 11) is 3.54. The average Bonchev–Trinajstić information content (AvgIpc) is 2.46. The summed E-state index contributed by atoms with van der Waals surface area (Å²) in [6.07, 6.45) is -3.21. The third-order valence-electron chi connectivity index (χ3n) is 2.92. The Hall–Kier alpha value is -2.64. The van der Waals surface area contributed by atoms with Crippen LogP contribution in [-0.4, -0.2) is 30.0 Å². The highest BCUT2D eigenvalue weighted by molar-refractivity contribution is 5.94. The number of amides is 1. The molecule has 0 bridgehead atoms. The van der Waals surface area contributed by atoms with Crippen LogP contribution in [0.1, 0.15) is 11.4 Å². The lowest BCUT2D eigenvalue weighted by Crippen LogP contribution is -2.20. The largest absolute Gasteiger partial charge is 0.433 e. The van der Waals surface area contributed by atoms with Gasteiger partial charge in [-0.2, -0.15) is 13.2 Å². The lowest BCUT2D eigenvalue weighted by molar-refractivity contribution is -0.141. The number of halogens is 3. The highest BCUT2D eigenvalue weighted by Crippen LogP contribution is 2.27. The minimum Gasteiger partial charge on any atom is -0.361 e. The summed E-state index contributed by atoms with van der Waals surface area (Å²) in [6, 6.07) is 6.80. The number of rotatable bonds is 4. The number of hydrogen-bond acceptors (Lipinski definition) is 4. The van der Waals surface area contributed by atoms with Crippen molar-refractivity contribution in [1.82, 2.24) is 9.97 Å². The van der Waals surface area contributed by atoms with Gasteiger partial charge in [-0.3, -0.25) is 4.79 Å². The molecule has 0 aromatic carbocycles. The van der Waals surface area contributed by atoms with Gasteiger partial charge in [-0.25, -0.2) is 9.97 Å². The van der Waals surface area contributed by atoms with Crippen molar-refractivity contribution in [3.8, 4) is 0 Å². The monoisotopic (exact) mass is 324 g/mol. The number of carbonyl (C=O) groups excluding carboxylic acids is 1. The van der Waals surface area contributed by atoms with Gasteiger partial charge in [-0.1, -0.05) is 6.07 Å². The molecule has 0 aliphatic rings. The van der Waals surface area contributed by atoms with E-state index in [1.54, 1.807) is 37.3 Å². The van der Waals surface area contributed by atoms with Crippen LogP contribution in [0.4, 0.5) is 24.7 Å². The van der Waals surface area contributed by atoms with Crippen molar-refractivity contribution in [2.24, 2.45) is 0 Å². The Balaban J connectivity index is 2.12. The molecule has 0 saturated heterocycles. The lowest BCUT2D eigenvalue weighted by Gasteiger charge is -2.16. The van der Waals surface area contributed by atoms with Gasteiger partial charge < -0.3 is 10.2 Å². The molecule has 122 valence electrons. The molecular formula is C15H15F3N4O. The number of nitrogens with one attached hydrogen (secondary N) is 1. The van der Waals surface area contributed by atoms with Gasteiger partial charge in [0.05, 0.1) is 17.8 Å². The zero-order valence-corrected chi connectivity index (χ0v) is 12.6. The van der Waals surface area contributed by atoms with Crippen molar-refractivity contribution in [2.45, 2.75) is 12.6 Å². The predicted molar refractivity (Wildman–Crippen MR) is 80.1 cm³/mol. The van der Waals surface area contributed by atoms with Gasteiger partial charge in [0.25, 0.3) is 0 Å². The topological polar surface area (TPSA) is 58.1 Å². The first-order chi connectivity index (χ1) is 10.8. The Morgan fingerprint density at radius 2 is 1.96 bits per heavy atom. The number of pyridine rings is 2. The van der Waals surface area contributed by atoms with Crippen molar-refractivity contribution in [1.29, 1.82) is 0 Å². The summed E-state index contributed by atoms with van der Waals surface area (Å²) >= 11 is 0. The predicted octanol–water partition coefficient (Wildman–Crippen LogP) is 2.74. The standard InChI is InChI=1S/C15H15F3N4O/c1-22(2)14-11(6-4-8-19-14)21-13(23)9-10-5-3-7-12(20-10)15(16,17)18/h3-8H,9H2,1-2H3,(H,21,23). The van der Waals surface area contributed by atoms with Crippen LogP contribution < -0.4 is 10.2 Å². The molecule has 0 spiro atoms. The Morgan fingerprint density at radius 3 is 2.61 bits per heavy atom. The zero-order valence-electron chi connectivity index (χ0n) is 12.6. The van der Waals surface area contributed by atoms with Crippen molar-refractivity contribution in [3.05, 3.63) is 47.9 Å². The quantitative estimate of drug-likeness (QED) is 0.939. The first-order valence-corrected chi connectivity index (χ1v) is 6.72. The second-order valence-electron chi connectivity index (χ2n) is 5.01. The van der Waals surface area contributed by atoms with Gasteiger partial charge in [-0.15, -0.1) is 0 Å². The molecule has 0 aliphatic carbocycles. The summed E-state index contributed by atoms with van der Waals surface area (Å²) in [5, 5.41) is 2.63. The third kappa shape index (κ3) is 4.41. The number of carbonyl (C=O) groups is 1. The van der Waals surface area contributed by atoms with E-state index >= 15 is 0 Å². The number of nitrogens with zero attached hydrogens (tertiary/aromatic N) is 3. The molecular weight excluding hydrogens is 309 g/mol. The van der Waals surface area contributed by atoms with Crippen molar-refractivity contribution in [3.63, 3.8) is 0 Å². The van der Waals surface area contributed by atoms with Crippen LogP contribution in [0.3, 0.4) is 0 Å². The molecule has 0 unspecified atom stereocenters. The summed E-state index contributed by atoms with van der Waals surface area (Å²) < 4.78 is 37.9. The molecule has 8 heteroatoms. The maximum Gasteiger partial charge on any atom is 0.433 e. The van der Waals surface area contributed by atoms with E-state index in [2.05, 4.69) is 15.3 Å². The van der Waals surface area contributed by atoms with Crippen molar-refractivity contribution >= 4 is 17.4 Å². The number of anilines is 2. The highest BCUT2D eigenvalue weighted by Gasteiger charge is 2.32. The van der Waals surface area contributed by atoms with E-state index in [1.807, 2.05) is 0 Å². The van der Waals surface area contributed by atoms with E-state index in [-0.39, 0.29) is 12.1 Å². The molecule has 1 N–H and O–H groups in total. The molecule has 2 rings (SSSR count). The Kier molecular flexibility index (Phi) is 4.83.